The topological polar surface area (TPSA) is 52.6 Å². The maximum absolute atomic E-state index is 12.1. The van der Waals surface area contributed by atoms with Gasteiger partial charge in [-0.25, -0.2) is 0 Å². The van der Waals surface area contributed by atoms with Crippen molar-refractivity contribution < 1.29 is 19.1 Å². The Morgan fingerprint density at radius 2 is 1.24 bits per heavy atom. The van der Waals surface area contributed by atoms with Crippen molar-refractivity contribution in [1.29, 1.82) is 0 Å². The molecule has 0 N–H and O–H groups in total. The molecule has 0 aliphatic rings. The first-order chi connectivity index (χ1) is 18.6. The van der Waals surface area contributed by atoms with E-state index in [9.17, 15) is 9.59 Å². The lowest BCUT2D eigenvalue weighted by Crippen LogP contribution is -2.08. The van der Waals surface area contributed by atoms with Crippen molar-refractivity contribution in [2.45, 2.75) is 66.7 Å². The minimum atomic E-state index is -0.207. The number of rotatable bonds is 9. The van der Waals surface area contributed by atoms with E-state index in [1.807, 2.05) is 64.1 Å². The van der Waals surface area contributed by atoms with Crippen LogP contribution < -0.4 is 0 Å². The summed E-state index contributed by atoms with van der Waals surface area (Å²) in [6, 6.07) is 24.9. The number of ether oxygens (including phenoxy) is 2. The summed E-state index contributed by atoms with van der Waals surface area (Å²) in [6.45, 7) is 10.6. The summed E-state index contributed by atoms with van der Waals surface area (Å²) in [4.78, 5) is 24.0. The molecule has 0 aliphatic carbocycles. The molecule has 0 saturated heterocycles. The van der Waals surface area contributed by atoms with E-state index in [1.165, 1.54) is 7.11 Å². The highest BCUT2D eigenvalue weighted by Gasteiger charge is 2.16. The summed E-state index contributed by atoms with van der Waals surface area (Å²) < 4.78 is 10.2. The number of esters is 2. The maximum Gasteiger partial charge on any atom is 0.310 e. The zero-order valence-corrected chi connectivity index (χ0v) is 23.8. The van der Waals surface area contributed by atoms with Crippen LogP contribution in [0.1, 0.15) is 65.0 Å². The Labute approximate surface area is 228 Å². The summed E-state index contributed by atoms with van der Waals surface area (Å²) in [7, 11) is 1.43. The monoisotopic (exact) mass is 514 g/mol. The molecule has 4 aromatic rings. The average molecular weight is 515 g/mol. The summed E-state index contributed by atoms with van der Waals surface area (Å²) in [5.41, 5.74) is 4.35. The van der Waals surface area contributed by atoms with Gasteiger partial charge in [0.1, 0.15) is 0 Å². The molecule has 0 bridgehead atoms. The van der Waals surface area contributed by atoms with Gasteiger partial charge in [0.25, 0.3) is 0 Å². The fourth-order valence-corrected chi connectivity index (χ4v) is 4.47. The molecule has 0 aliphatic heterocycles. The number of hydrogen-bond donors (Lipinski definition) is 0. The molecule has 4 nitrogen and oxygen atoms in total. The Morgan fingerprint density at radius 3 is 1.74 bits per heavy atom. The molecule has 0 aromatic heterocycles. The number of hydrogen-bond acceptors (Lipinski definition) is 4. The van der Waals surface area contributed by atoms with Crippen LogP contribution in [0.25, 0.3) is 32.7 Å². The van der Waals surface area contributed by atoms with Gasteiger partial charge in [0.05, 0.1) is 20.1 Å². The minimum absolute atomic E-state index is 0.188. The van der Waals surface area contributed by atoms with Crippen molar-refractivity contribution in [2.24, 2.45) is 0 Å². The smallest absolute Gasteiger partial charge is 0.310 e. The number of unbranched alkanes of at least 4 members (excludes halogenated alkanes) is 1. The summed E-state index contributed by atoms with van der Waals surface area (Å²) in [6.07, 6.45) is 3.13. The van der Waals surface area contributed by atoms with Gasteiger partial charge < -0.3 is 9.47 Å². The fraction of sp³-hybridized carbons (Fsp3) is 0.353. The zero-order chi connectivity index (χ0) is 27.9. The number of fused-ring (bicyclic) bond motifs is 2. The van der Waals surface area contributed by atoms with Gasteiger partial charge >= 0.3 is 11.9 Å². The van der Waals surface area contributed by atoms with Crippen molar-refractivity contribution in [3.8, 4) is 11.1 Å². The normalized spacial score (nSPS) is 10.2. The molecular weight excluding hydrogens is 472 g/mol. The van der Waals surface area contributed by atoms with Crippen molar-refractivity contribution in [3.05, 3.63) is 83.9 Å². The predicted octanol–water partition coefficient (Wildman–Crippen LogP) is 8.70. The van der Waals surface area contributed by atoms with Crippen LogP contribution in [0.2, 0.25) is 0 Å². The minimum Gasteiger partial charge on any atom is -0.469 e. The van der Waals surface area contributed by atoms with E-state index in [0.717, 1.165) is 56.6 Å². The molecule has 0 spiro atoms. The lowest BCUT2D eigenvalue weighted by molar-refractivity contribution is -0.143. The van der Waals surface area contributed by atoms with Crippen molar-refractivity contribution in [2.75, 3.05) is 13.7 Å². The zero-order valence-electron chi connectivity index (χ0n) is 23.8. The Bertz CT molecular complexity index is 1250. The average Bonchev–Trinajstić information content (AvgIpc) is 2.98. The molecule has 0 amide bonds. The van der Waals surface area contributed by atoms with E-state index in [1.54, 1.807) is 0 Å². The molecule has 0 unspecified atom stereocenters. The Morgan fingerprint density at radius 1 is 0.711 bits per heavy atom. The molecule has 202 valence electrons. The van der Waals surface area contributed by atoms with Crippen molar-refractivity contribution in [3.63, 3.8) is 0 Å². The van der Waals surface area contributed by atoms with Crippen LogP contribution in [0.3, 0.4) is 0 Å². The standard InChI is InChI=1S/C30H30O4.2C2H6/c1-3-4-19-34-29(32)20-21-13-15-22(16-14-21)30-26-11-7-5-9-23(26)25(17-18-28(31)33-2)24-10-6-8-12-27(24)30;2*1-2/h5-16H,3-4,17-20H2,1-2H3;2*1-2H3. The second-order valence-electron chi connectivity index (χ2n) is 8.47. The maximum atomic E-state index is 12.1. The lowest BCUT2D eigenvalue weighted by Gasteiger charge is -2.17. The molecule has 38 heavy (non-hydrogen) atoms. The predicted molar refractivity (Wildman–Crippen MR) is 159 cm³/mol. The second kappa shape index (κ2) is 16.2. The highest BCUT2D eigenvalue weighted by atomic mass is 16.5. The van der Waals surface area contributed by atoms with Gasteiger partial charge in [0.2, 0.25) is 0 Å². The third-order valence-electron chi connectivity index (χ3n) is 6.20. The molecule has 0 radical (unpaired) electrons. The van der Waals surface area contributed by atoms with Gasteiger partial charge in [-0.2, -0.15) is 0 Å². The van der Waals surface area contributed by atoms with Crippen LogP contribution in [0, 0.1) is 0 Å². The largest absolute Gasteiger partial charge is 0.469 e. The Hall–Kier alpha value is -3.66. The van der Waals surface area contributed by atoms with Gasteiger partial charge in [-0.1, -0.05) is 114 Å². The fourth-order valence-electron chi connectivity index (χ4n) is 4.47. The Kier molecular flexibility index (Phi) is 13.1. The number of aryl methyl sites for hydroxylation is 1. The molecule has 4 aromatic carbocycles. The molecule has 0 saturated carbocycles. The third-order valence-corrected chi connectivity index (χ3v) is 6.20. The first kappa shape index (κ1) is 30.6. The molecule has 4 rings (SSSR count). The van der Waals surface area contributed by atoms with Crippen LogP contribution >= 0.6 is 0 Å². The van der Waals surface area contributed by atoms with E-state index in [-0.39, 0.29) is 18.4 Å². The summed E-state index contributed by atoms with van der Waals surface area (Å²) >= 11 is 0. The van der Waals surface area contributed by atoms with Crippen LogP contribution in [-0.2, 0) is 31.9 Å². The van der Waals surface area contributed by atoms with Crippen LogP contribution in [0.5, 0.6) is 0 Å². The molecule has 0 heterocycles. The highest BCUT2D eigenvalue weighted by Crippen LogP contribution is 2.39. The number of methoxy groups -OCH3 is 1. The van der Waals surface area contributed by atoms with Gasteiger partial charge in [0.15, 0.2) is 0 Å². The number of benzene rings is 4. The molecule has 0 atom stereocenters. The van der Waals surface area contributed by atoms with Gasteiger partial charge in [-0.05, 0) is 56.6 Å². The van der Waals surface area contributed by atoms with E-state index >= 15 is 0 Å². The Balaban J connectivity index is 0.00000121. The molecular formula is C34H42O4. The first-order valence-corrected chi connectivity index (χ1v) is 13.9. The summed E-state index contributed by atoms with van der Waals surface area (Å²) in [5.74, 6) is -0.395. The van der Waals surface area contributed by atoms with Crippen LogP contribution in [0.15, 0.2) is 72.8 Å². The van der Waals surface area contributed by atoms with Gasteiger partial charge in [0, 0.05) is 6.42 Å². The highest BCUT2D eigenvalue weighted by molar-refractivity contribution is 6.15. The van der Waals surface area contributed by atoms with Crippen molar-refractivity contribution >= 4 is 33.5 Å². The van der Waals surface area contributed by atoms with Gasteiger partial charge in [-0.15, -0.1) is 0 Å². The molecule has 0 fully saturated rings. The van der Waals surface area contributed by atoms with E-state index in [0.29, 0.717) is 19.4 Å². The van der Waals surface area contributed by atoms with Gasteiger partial charge in [-0.3, -0.25) is 9.59 Å². The van der Waals surface area contributed by atoms with Crippen LogP contribution in [-0.4, -0.2) is 25.7 Å². The second-order valence-corrected chi connectivity index (χ2v) is 8.47. The van der Waals surface area contributed by atoms with E-state index in [2.05, 4.69) is 43.3 Å². The SMILES string of the molecule is CC.CC.CCCCOC(=O)Cc1ccc(-c2c3ccccc3c(CCC(=O)OC)c3ccccc23)cc1. The number of carbonyl (C=O) groups excluding carboxylic acids is 2. The first-order valence-electron chi connectivity index (χ1n) is 13.9. The van der Waals surface area contributed by atoms with E-state index in [4.69, 9.17) is 9.47 Å². The number of carbonyl (C=O) groups is 2. The summed E-state index contributed by atoms with van der Waals surface area (Å²) in [5, 5.41) is 4.58. The third kappa shape index (κ3) is 7.67. The van der Waals surface area contributed by atoms with Crippen molar-refractivity contribution in [1.82, 2.24) is 0 Å². The lowest BCUT2D eigenvalue weighted by atomic mass is 9.87. The molecule has 4 heteroatoms. The van der Waals surface area contributed by atoms with Crippen LogP contribution in [0.4, 0.5) is 0 Å². The van der Waals surface area contributed by atoms with E-state index < -0.39 is 0 Å². The quantitative estimate of drug-likeness (QED) is 0.127.